The van der Waals surface area contributed by atoms with Crippen molar-refractivity contribution in [1.82, 2.24) is 0 Å². The van der Waals surface area contributed by atoms with E-state index in [0.717, 1.165) is 25.7 Å². The Hall–Kier alpha value is -4.94. The van der Waals surface area contributed by atoms with E-state index < -0.39 is 0 Å². The quantitative estimate of drug-likeness (QED) is 0.175. The molecule has 3 aliphatic rings. The van der Waals surface area contributed by atoms with E-state index in [0.29, 0.717) is 0 Å². The molecule has 0 spiro atoms. The normalized spacial score (nSPS) is 15.4. The molecule has 6 aromatic rings. The highest BCUT2D eigenvalue weighted by atomic mass is 14.4. The molecule has 0 heteroatoms. The molecule has 0 radical (unpaired) electrons. The highest BCUT2D eigenvalue weighted by Crippen LogP contribution is 2.53. The van der Waals surface area contributed by atoms with Gasteiger partial charge in [-0.15, -0.1) is 0 Å². The van der Waals surface area contributed by atoms with E-state index in [1.165, 1.54) is 99.8 Å². The first-order chi connectivity index (χ1) is 24.2. The zero-order valence-corrected chi connectivity index (χ0v) is 30.4. The van der Waals surface area contributed by atoms with Gasteiger partial charge in [-0.2, -0.15) is 0 Å². The zero-order chi connectivity index (χ0) is 34.4. The van der Waals surface area contributed by atoms with Crippen molar-refractivity contribution in [2.45, 2.75) is 72.6 Å². The number of hydrogen-bond acceptors (Lipinski definition) is 0. The highest BCUT2D eigenvalue weighted by molar-refractivity contribution is 6.06. The number of allylic oxidation sites excluding steroid dienone is 3. The maximum atomic E-state index is 2.51. The Labute approximate surface area is 298 Å². The minimum atomic E-state index is 0.0927. The lowest BCUT2D eigenvalue weighted by Crippen LogP contribution is -2.23. The smallest absolute Gasteiger partial charge is 0.0210 e. The number of aryl methyl sites for hydroxylation is 1. The van der Waals surface area contributed by atoms with Crippen molar-refractivity contribution >= 4 is 22.4 Å². The monoisotopic (exact) mass is 646 g/mol. The Balaban J connectivity index is 1.04. The van der Waals surface area contributed by atoms with Crippen LogP contribution in [0, 0.1) is 12.3 Å². The predicted octanol–water partition coefficient (Wildman–Crippen LogP) is 14.0. The Bertz CT molecular complexity index is 2410. The van der Waals surface area contributed by atoms with Gasteiger partial charge >= 0.3 is 0 Å². The molecule has 50 heavy (non-hydrogen) atoms. The third-order valence-electron chi connectivity index (χ3n) is 12.4. The maximum Gasteiger partial charge on any atom is 0.0210 e. The number of fused-ring (bicyclic) bond motifs is 3. The Morgan fingerprint density at radius 3 is 1.94 bits per heavy atom. The standard InChI is InChI=1S/C50H46/c1-7-50(8-2)45-12-10-9-11-42(45)43-25-21-36(30-46(43)50)33-15-13-32(14-16-33)35-20-23-40(31(3)27-35)41-24-19-34-17-18-37-28-39(49(4,5)6)29-38-22-26-44(41)48(34)47(37)38/h9-25,27-28,30H,7-8,26,29H2,1-6H3. The van der Waals surface area contributed by atoms with Crippen LogP contribution in [0.4, 0.5) is 0 Å². The van der Waals surface area contributed by atoms with E-state index in [4.69, 9.17) is 0 Å². The summed E-state index contributed by atoms with van der Waals surface area (Å²) < 4.78 is 0. The highest BCUT2D eigenvalue weighted by Gasteiger charge is 2.40. The van der Waals surface area contributed by atoms with Crippen LogP contribution in [0.2, 0.25) is 0 Å². The van der Waals surface area contributed by atoms with E-state index in [2.05, 4.69) is 163 Å². The molecule has 0 fully saturated rings. The lowest BCUT2D eigenvalue weighted by atomic mass is 9.72. The summed E-state index contributed by atoms with van der Waals surface area (Å²) in [7, 11) is 0. The first-order valence-corrected chi connectivity index (χ1v) is 18.7. The summed E-state index contributed by atoms with van der Waals surface area (Å²) in [5.74, 6) is 0. The van der Waals surface area contributed by atoms with Crippen molar-refractivity contribution in [2.75, 3.05) is 0 Å². The van der Waals surface area contributed by atoms with E-state index in [-0.39, 0.29) is 10.8 Å². The van der Waals surface area contributed by atoms with E-state index in [1.54, 1.807) is 0 Å². The molecular weight excluding hydrogens is 601 g/mol. The van der Waals surface area contributed by atoms with Gasteiger partial charge in [0, 0.05) is 5.41 Å². The van der Waals surface area contributed by atoms with Gasteiger partial charge in [-0.1, -0.05) is 155 Å². The van der Waals surface area contributed by atoms with Crippen molar-refractivity contribution in [1.29, 1.82) is 0 Å². The fourth-order valence-electron chi connectivity index (χ4n) is 9.50. The van der Waals surface area contributed by atoms with Gasteiger partial charge < -0.3 is 0 Å². The van der Waals surface area contributed by atoms with Crippen LogP contribution in [0.3, 0.4) is 0 Å². The summed E-state index contributed by atoms with van der Waals surface area (Å²) >= 11 is 0. The molecule has 0 bridgehead atoms. The van der Waals surface area contributed by atoms with Crippen LogP contribution in [-0.4, -0.2) is 0 Å². The summed E-state index contributed by atoms with van der Waals surface area (Å²) in [6, 6.07) is 41.8. The zero-order valence-electron chi connectivity index (χ0n) is 30.4. The van der Waals surface area contributed by atoms with Gasteiger partial charge in [0.15, 0.2) is 0 Å². The number of benzene rings is 6. The molecule has 0 aliphatic heterocycles. The average molecular weight is 647 g/mol. The lowest BCUT2D eigenvalue weighted by molar-refractivity contribution is 0.490. The fraction of sp³-hybridized carbons (Fsp3) is 0.240. The van der Waals surface area contributed by atoms with Crippen LogP contribution in [0.1, 0.15) is 87.3 Å². The predicted molar refractivity (Wildman–Crippen MR) is 216 cm³/mol. The Morgan fingerprint density at radius 1 is 0.620 bits per heavy atom. The van der Waals surface area contributed by atoms with Crippen LogP contribution in [0.25, 0.3) is 66.9 Å². The fourth-order valence-corrected chi connectivity index (χ4v) is 9.50. The molecule has 0 aromatic heterocycles. The van der Waals surface area contributed by atoms with Crippen LogP contribution in [0.15, 0.2) is 121 Å². The topological polar surface area (TPSA) is 0 Å². The van der Waals surface area contributed by atoms with Gasteiger partial charge in [0.05, 0.1) is 0 Å². The molecular formula is C50H46. The van der Waals surface area contributed by atoms with Crippen LogP contribution >= 0.6 is 0 Å². The van der Waals surface area contributed by atoms with Crippen molar-refractivity contribution in [3.05, 3.63) is 154 Å². The molecule has 6 aromatic carbocycles. The van der Waals surface area contributed by atoms with Crippen LogP contribution in [0.5, 0.6) is 0 Å². The van der Waals surface area contributed by atoms with Gasteiger partial charge in [0.2, 0.25) is 0 Å². The molecule has 0 N–H and O–H groups in total. The summed E-state index contributed by atoms with van der Waals surface area (Å²) in [6.45, 7) is 14.0. The van der Waals surface area contributed by atoms with Crippen molar-refractivity contribution in [3.63, 3.8) is 0 Å². The maximum absolute atomic E-state index is 2.51. The SMILES string of the molecule is CCC1(CC)c2ccccc2-c2ccc(-c3ccc(-c4ccc(-c5ccc6ccc7c8c6c5CC=C8CC(C(C)(C)C)=C7)c(C)c4)cc3)cc21. The molecule has 0 saturated carbocycles. The van der Waals surface area contributed by atoms with Crippen molar-refractivity contribution in [2.24, 2.45) is 5.41 Å². The molecule has 0 unspecified atom stereocenters. The van der Waals surface area contributed by atoms with Gasteiger partial charge in [0.1, 0.15) is 0 Å². The van der Waals surface area contributed by atoms with Crippen molar-refractivity contribution in [3.8, 4) is 44.5 Å². The van der Waals surface area contributed by atoms with Gasteiger partial charge in [-0.05, 0) is 138 Å². The largest absolute Gasteiger partial charge is 0.0759 e. The molecule has 0 saturated heterocycles. The van der Waals surface area contributed by atoms with Gasteiger partial charge in [-0.25, -0.2) is 0 Å². The Kier molecular flexibility index (Phi) is 7.02. The third kappa shape index (κ3) is 4.57. The molecule has 9 rings (SSSR count). The van der Waals surface area contributed by atoms with Gasteiger partial charge in [0.25, 0.3) is 0 Å². The summed E-state index contributed by atoms with van der Waals surface area (Å²) in [4.78, 5) is 0. The van der Waals surface area contributed by atoms with E-state index >= 15 is 0 Å². The number of hydrogen-bond donors (Lipinski definition) is 0. The third-order valence-corrected chi connectivity index (χ3v) is 12.4. The second-order valence-corrected chi connectivity index (χ2v) is 16.0. The average Bonchev–Trinajstić information content (AvgIpc) is 3.42. The molecule has 0 amide bonds. The van der Waals surface area contributed by atoms with E-state index in [1.807, 2.05) is 0 Å². The first-order valence-electron chi connectivity index (χ1n) is 18.7. The summed E-state index contributed by atoms with van der Waals surface area (Å²) in [6.07, 6.45) is 9.25. The minimum absolute atomic E-state index is 0.0927. The minimum Gasteiger partial charge on any atom is -0.0759 e. The van der Waals surface area contributed by atoms with Gasteiger partial charge in [-0.3, -0.25) is 0 Å². The number of rotatable bonds is 5. The molecule has 0 nitrogen and oxygen atoms in total. The first kappa shape index (κ1) is 31.1. The molecule has 0 heterocycles. The summed E-state index contributed by atoms with van der Waals surface area (Å²) in [5.41, 5.74) is 22.6. The lowest BCUT2D eigenvalue weighted by Gasteiger charge is -2.32. The van der Waals surface area contributed by atoms with Crippen LogP contribution < -0.4 is 0 Å². The van der Waals surface area contributed by atoms with E-state index in [9.17, 15) is 0 Å². The second kappa shape index (κ2) is 11.3. The molecule has 246 valence electrons. The van der Waals surface area contributed by atoms with Crippen molar-refractivity contribution < 1.29 is 0 Å². The second-order valence-electron chi connectivity index (χ2n) is 16.0. The molecule has 3 aliphatic carbocycles. The van der Waals surface area contributed by atoms with Crippen LogP contribution in [-0.2, 0) is 11.8 Å². The molecule has 0 atom stereocenters. The Morgan fingerprint density at radius 2 is 1.24 bits per heavy atom. The summed E-state index contributed by atoms with van der Waals surface area (Å²) in [5, 5.41) is 2.82.